The number of hydrogen-bond acceptors (Lipinski definition) is 4. The summed E-state index contributed by atoms with van der Waals surface area (Å²) in [4.78, 5) is 11.6. The number of carbonyl (C=O) groups excluding carboxylic acids is 1. The van der Waals surface area contributed by atoms with Crippen molar-refractivity contribution in [1.29, 1.82) is 0 Å². The van der Waals surface area contributed by atoms with E-state index < -0.39 is 12.0 Å². The van der Waals surface area contributed by atoms with Gasteiger partial charge < -0.3 is 15.2 Å². The number of carbonyl (C=O) groups is 1. The zero-order chi connectivity index (χ0) is 15.9. The third-order valence-corrected chi connectivity index (χ3v) is 3.24. The van der Waals surface area contributed by atoms with Crippen LogP contribution in [0.15, 0.2) is 48.5 Å². The van der Waals surface area contributed by atoms with Gasteiger partial charge in [0.15, 0.2) is 0 Å². The van der Waals surface area contributed by atoms with Crippen molar-refractivity contribution < 1.29 is 14.3 Å². The zero-order valence-corrected chi connectivity index (χ0v) is 13.0. The molecule has 1 atom stereocenters. The van der Waals surface area contributed by atoms with Crippen LogP contribution in [0.4, 0.5) is 0 Å². The highest BCUT2D eigenvalue weighted by Crippen LogP contribution is 2.24. The Kier molecular flexibility index (Phi) is 5.81. The monoisotopic (exact) mass is 319 g/mol. The first-order valence-electron chi connectivity index (χ1n) is 7.03. The van der Waals surface area contributed by atoms with E-state index in [0.29, 0.717) is 29.5 Å². The minimum absolute atomic E-state index is 0.326. The van der Waals surface area contributed by atoms with Crippen LogP contribution in [0.25, 0.3) is 0 Å². The van der Waals surface area contributed by atoms with Crippen molar-refractivity contribution in [2.24, 2.45) is 5.73 Å². The van der Waals surface area contributed by atoms with E-state index in [2.05, 4.69) is 0 Å². The number of benzene rings is 2. The maximum Gasteiger partial charge on any atom is 0.323 e. The molecule has 0 heterocycles. The van der Waals surface area contributed by atoms with E-state index in [1.807, 2.05) is 24.3 Å². The van der Waals surface area contributed by atoms with Crippen LogP contribution in [0.5, 0.6) is 11.5 Å². The van der Waals surface area contributed by atoms with Crippen LogP contribution >= 0.6 is 11.6 Å². The van der Waals surface area contributed by atoms with E-state index in [1.54, 1.807) is 31.2 Å². The quantitative estimate of drug-likeness (QED) is 0.827. The molecule has 116 valence electrons. The van der Waals surface area contributed by atoms with Gasteiger partial charge in [-0.2, -0.15) is 0 Å². The van der Waals surface area contributed by atoms with Gasteiger partial charge in [-0.3, -0.25) is 4.79 Å². The van der Waals surface area contributed by atoms with Gasteiger partial charge in [-0.15, -0.1) is 0 Å². The molecule has 0 fully saturated rings. The number of ether oxygens (including phenoxy) is 2. The number of hydrogen-bond donors (Lipinski definition) is 1. The largest absolute Gasteiger partial charge is 0.465 e. The van der Waals surface area contributed by atoms with Crippen molar-refractivity contribution in [1.82, 2.24) is 0 Å². The fourth-order valence-electron chi connectivity index (χ4n) is 1.96. The number of nitrogens with two attached hydrogens (primary N) is 1. The lowest BCUT2D eigenvalue weighted by molar-refractivity contribution is -0.144. The Balaban J connectivity index is 2.03. The molecule has 0 radical (unpaired) electrons. The maximum absolute atomic E-state index is 11.6. The molecule has 2 aromatic carbocycles. The molecule has 0 aliphatic rings. The minimum atomic E-state index is -0.675. The van der Waals surface area contributed by atoms with E-state index in [1.165, 1.54) is 0 Å². The molecular formula is C17H18ClNO3. The fraction of sp³-hybridized carbons (Fsp3) is 0.235. The normalized spacial score (nSPS) is 11.8. The molecule has 1 unspecified atom stereocenters. The lowest BCUT2D eigenvalue weighted by Crippen LogP contribution is -2.34. The minimum Gasteiger partial charge on any atom is -0.465 e. The van der Waals surface area contributed by atoms with E-state index >= 15 is 0 Å². The Labute approximate surface area is 134 Å². The zero-order valence-electron chi connectivity index (χ0n) is 12.3. The lowest BCUT2D eigenvalue weighted by atomic mass is 10.1. The highest BCUT2D eigenvalue weighted by molar-refractivity contribution is 6.30. The Bertz CT molecular complexity index is 628. The van der Waals surface area contributed by atoms with Gasteiger partial charge in [-0.25, -0.2) is 0 Å². The Morgan fingerprint density at radius 1 is 1.18 bits per heavy atom. The summed E-state index contributed by atoms with van der Waals surface area (Å²) >= 11 is 5.84. The molecule has 0 amide bonds. The van der Waals surface area contributed by atoms with Gasteiger partial charge in [0.25, 0.3) is 0 Å². The fourth-order valence-corrected chi connectivity index (χ4v) is 2.09. The van der Waals surface area contributed by atoms with Crippen molar-refractivity contribution in [3.05, 3.63) is 59.1 Å². The van der Waals surface area contributed by atoms with Crippen LogP contribution < -0.4 is 10.5 Å². The maximum atomic E-state index is 11.6. The summed E-state index contributed by atoms with van der Waals surface area (Å²) in [5.74, 6) is 0.971. The predicted octanol–water partition coefficient (Wildman–Crippen LogP) is 3.57. The average molecular weight is 320 g/mol. The van der Waals surface area contributed by atoms with Crippen molar-refractivity contribution in [3.63, 3.8) is 0 Å². The SMILES string of the molecule is CCOC(=O)C(N)Cc1cccc(Oc2ccc(Cl)cc2)c1. The number of rotatable bonds is 6. The summed E-state index contributed by atoms with van der Waals surface area (Å²) in [5.41, 5.74) is 6.73. The average Bonchev–Trinajstić information content (AvgIpc) is 2.50. The van der Waals surface area contributed by atoms with Crippen molar-refractivity contribution >= 4 is 17.6 Å². The second kappa shape index (κ2) is 7.82. The summed E-state index contributed by atoms with van der Waals surface area (Å²) in [7, 11) is 0. The first kappa shape index (κ1) is 16.3. The molecule has 22 heavy (non-hydrogen) atoms. The van der Waals surface area contributed by atoms with Gasteiger partial charge >= 0.3 is 5.97 Å². The first-order valence-corrected chi connectivity index (χ1v) is 7.41. The highest BCUT2D eigenvalue weighted by Gasteiger charge is 2.15. The Morgan fingerprint density at radius 2 is 1.91 bits per heavy atom. The second-order valence-electron chi connectivity index (χ2n) is 4.77. The van der Waals surface area contributed by atoms with Gasteiger partial charge in [-0.05, 0) is 55.3 Å². The van der Waals surface area contributed by atoms with Crippen LogP contribution in [-0.2, 0) is 16.0 Å². The van der Waals surface area contributed by atoms with Gasteiger partial charge in [0.2, 0.25) is 0 Å². The predicted molar refractivity (Wildman–Crippen MR) is 86.3 cm³/mol. The summed E-state index contributed by atoms with van der Waals surface area (Å²) in [6.07, 6.45) is 0.399. The van der Waals surface area contributed by atoms with E-state index in [-0.39, 0.29) is 0 Å². The molecule has 2 rings (SSSR count). The van der Waals surface area contributed by atoms with E-state index in [9.17, 15) is 4.79 Å². The molecule has 0 saturated carbocycles. The van der Waals surface area contributed by atoms with Gasteiger partial charge in [0.1, 0.15) is 17.5 Å². The van der Waals surface area contributed by atoms with E-state index in [4.69, 9.17) is 26.8 Å². The van der Waals surface area contributed by atoms with Crippen molar-refractivity contribution in [2.45, 2.75) is 19.4 Å². The summed E-state index contributed by atoms with van der Waals surface area (Å²) in [6, 6.07) is 13.9. The van der Waals surface area contributed by atoms with Gasteiger partial charge in [0.05, 0.1) is 6.61 Å². The van der Waals surface area contributed by atoms with E-state index in [0.717, 1.165) is 5.56 Å². The van der Waals surface area contributed by atoms with Crippen LogP contribution in [0.3, 0.4) is 0 Å². The molecular weight excluding hydrogens is 302 g/mol. The molecule has 2 N–H and O–H groups in total. The van der Waals surface area contributed by atoms with Crippen LogP contribution in [0.2, 0.25) is 5.02 Å². The molecule has 0 spiro atoms. The van der Waals surface area contributed by atoms with Gasteiger partial charge in [-0.1, -0.05) is 23.7 Å². The van der Waals surface area contributed by atoms with Gasteiger partial charge in [0, 0.05) is 5.02 Å². The molecule has 4 nitrogen and oxygen atoms in total. The summed E-state index contributed by atoms with van der Waals surface area (Å²) in [6.45, 7) is 2.08. The Hall–Kier alpha value is -2.04. The highest BCUT2D eigenvalue weighted by atomic mass is 35.5. The molecule has 0 aliphatic heterocycles. The van der Waals surface area contributed by atoms with Crippen molar-refractivity contribution in [3.8, 4) is 11.5 Å². The summed E-state index contributed by atoms with van der Waals surface area (Å²) in [5, 5.41) is 0.654. The molecule has 2 aromatic rings. The standard InChI is InChI=1S/C17H18ClNO3/c1-2-21-17(20)16(19)11-12-4-3-5-15(10-12)22-14-8-6-13(18)7-9-14/h3-10,16H,2,11,19H2,1H3. The van der Waals surface area contributed by atoms with Crippen LogP contribution in [0.1, 0.15) is 12.5 Å². The molecule has 0 aliphatic carbocycles. The molecule has 0 bridgehead atoms. The first-order chi connectivity index (χ1) is 10.6. The Morgan fingerprint density at radius 3 is 2.59 bits per heavy atom. The number of esters is 1. The van der Waals surface area contributed by atoms with Crippen molar-refractivity contribution in [2.75, 3.05) is 6.61 Å². The second-order valence-corrected chi connectivity index (χ2v) is 5.20. The third-order valence-electron chi connectivity index (χ3n) is 2.99. The topological polar surface area (TPSA) is 61.5 Å². The number of halogens is 1. The van der Waals surface area contributed by atoms with Crippen LogP contribution in [0, 0.1) is 0 Å². The lowest BCUT2D eigenvalue weighted by Gasteiger charge is -2.12. The smallest absolute Gasteiger partial charge is 0.323 e. The molecule has 5 heteroatoms. The summed E-state index contributed by atoms with van der Waals surface area (Å²) < 4.78 is 10.7. The molecule has 0 saturated heterocycles. The van der Waals surface area contributed by atoms with Crippen LogP contribution in [-0.4, -0.2) is 18.6 Å². The third kappa shape index (κ3) is 4.76. The molecule has 0 aromatic heterocycles.